The van der Waals surface area contributed by atoms with Gasteiger partial charge in [0.15, 0.2) is 0 Å². The molecule has 0 heterocycles. The predicted octanol–water partition coefficient (Wildman–Crippen LogP) is 2.30. The van der Waals surface area contributed by atoms with Crippen molar-refractivity contribution < 1.29 is 14.7 Å². The number of hydrogen-bond donors (Lipinski definition) is 2. The Morgan fingerprint density at radius 2 is 2.00 bits per heavy atom. The topological polar surface area (TPSA) is 66.4 Å². The molecule has 0 saturated heterocycles. The average molecular weight is 247 g/mol. The second-order valence-corrected chi connectivity index (χ2v) is 5.20. The van der Waals surface area contributed by atoms with E-state index in [1.807, 2.05) is 0 Å². The number of aromatic carboxylic acids is 1. The molecule has 0 bridgehead atoms. The van der Waals surface area contributed by atoms with Crippen molar-refractivity contribution in [3.05, 3.63) is 35.4 Å². The minimum absolute atomic E-state index is 0.136. The molecule has 0 spiro atoms. The molecule has 1 aliphatic carbocycles. The average Bonchev–Trinajstić information content (AvgIpc) is 3.07. The van der Waals surface area contributed by atoms with E-state index in [-0.39, 0.29) is 11.5 Å². The summed E-state index contributed by atoms with van der Waals surface area (Å²) in [7, 11) is 0. The monoisotopic (exact) mass is 247 g/mol. The Bertz CT molecular complexity index is 478. The van der Waals surface area contributed by atoms with Crippen LogP contribution in [0.4, 0.5) is 0 Å². The highest BCUT2D eigenvalue weighted by Gasteiger charge is 2.36. The first kappa shape index (κ1) is 12.6. The van der Waals surface area contributed by atoms with Crippen molar-refractivity contribution in [3.8, 4) is 0 Å². The molecule has 2 N–H and O–H groups in total. The lowest BCUT2D eigenvalue weighted by Crippen LogP contribution is -2.26. The van der Waals surface area contributed by atoms with Gasteiger partial charge in [-0.3, -0.25) is 4.79 Å². The van der Waals surface area contributed by atoms with E-state index in [4.69, 9.17) is 5.11 Å². The summed E-state index contributed by atoms with van der Waals surface area (Å²) in [4.78, 5) is 22.6. The molecule has 1 saturated carbocycles. The number of hydrogen-bond acceptors (Lipinski definition) is 2. The summed E-state index contributed by atoms with van der Waals surface area (Å²) in [6.45, 7) is 2.86. The van der Waals surface area contributed by atoms with Crippen molar-refractivity contribution in [2.45, 2.75) is 26.2 Å². The van der Waals surface area contributed by atoms with Crippen LogP contribution < -0.4 is 5.32 Å². The first-order valence-electron chi connectivity index (χ1n) is 6.12. The zero-order chi connectivity index (χ0) is 13.2. The lowest BCUT2D eigenvalue weighted by Gasteiger charge is -2.09. The van der Waals surface area contributed by atoms with Crippen LogP contribution in [0.1, 0.15) is 46.9 Å². The second kappa shape index (κ2) is 4.80. The molecule has 2 rings (SSSR count). The zero-order valence-electron chi connectivity index (χ0n) is 10.4. The molecule has 0 unspecified atom stereocenters. The van der Waals surface area contributed by atoms with E-state index in [2.05, 4.69) is 12.2 Å². The number of carbonyl (C=O) groups excluding carboxylic acids is 1. The van der Waals surface area contributed by atoms with Gasteiger partial charge in [-0.15, -0.1) is 0 Å². The molecule has 0 aromatic heterocycles. The van der Waals surface area contributed by atoms with E-state index in [9.17, 15) is 9.59 Å². The van der Waals surface area contributed by atoms with Crippen molar-refractivity contribution >= 4 is 11.9 Å². The molecule has 96 valence electrons. The van der Waals surface area contributed by atoms with E-state index in [0.717, 1.165) is 6.42 Å². The maximum absolute atomic E-state index is 11.8. The summed E-state index contributed by atoms with van der Waals surface area (Å²) in [6, 6.07) is 6.09. The Balaban J connectivity index is 1.91. The highest BCUT2D eigenvalue weighted by Crippen LogP contribution is 2.47. The van der Waals surface area contributed by atoms with Crippen LogP contribution in [0, 0.1) is 5.41 Å². The molecule has 4 nitrogen and oxygen atoms in total. The Morgan fingerprint density at radius 1 is 1.33 bits per heavy atom. The molecule has 1 aliphatic rings. The lowest BCUT2D eigenvalue weighted by molar-refractivity contribution is 0.0697. The van der Waals surface area contributed by atoms with Crippen LogP contribution in [0.5, 0.6) is 0 Å². The molecule has 0 aliphatic heterocycles. The number of carboxylic acid groups (broad SMARTS) is 1. The summed E-state index contributed by atoms with van der Waals surface area (Å²) in [5.41, 5.74) is 0.948. The van der Waals surface area contributed by atoms with Crippen LogP contribution in [-0.4, -0.2) is 23.5 Å². The number of nitrogens with one attached hydrogen (secondary N) is 1. The van der Waals surface area contributed by atoms with Gasteiger partial charge < -0.3 is 10.4 Å². The fourth-order valence-electron chi connectivity index (χ4n) is 1.84. The fourth-order valence-corrected chi connectivity index (χ4v) is 1.84. The van der Waals surface area contributed by atoms with Gasteiger partial charge in [-0.2, -0.15) is 0 Å². The number of rotatable bonds is 5. The van der Waals surface area contributed by atoms with E-state index in [0.29, 0.717) is 17.5 Å². The Hall–Kier alpha value is -1.84. The standard InChI is InChI=1S/C14H17NO3/c1-14(5-6-14)7-8-15-12(16)10-3-2-4-11(9-10)13(17)18/h2-4,9H,5-8H2,1H3,(H,15,16)(H,17,18). The van der Waals surface area contributed by atoms with E-state index >= 15 is 0 Å². The summed E-state index contributed by atoms with van der Waals surface area (Å²) in [5.74, 6) is -1.22. The number of carboxylic acids is 1. The largest absolute Gasteiger partial charge is 0.478 e. The van der Waals surface area contributed by atoms with E-state index < -0.39 is 5.97 Å². The number of benzene rings is 1. The van der Waals surface area contributed by atoms with Crippen LogP contribution in [0.3, 0.4) is 0 Å². The molecule has 4 heteroatoms. The first-order valence-corrected chi connectivity index (χ1v) is 6.12. The first-order chi connectivity index (χ1) is 8.50. The smallest absolute Gasteiger partial charge is 0.335 e. The summed E-state index contributed by atoms with van der Waals surface area (Å²) in [6.07, 6.45) is 3.45. The van der Waals surface area contributed by atoms with Crippen LogP contribution in [0.2, 0.25) is 0 Å². The summed E-state index contributed by atoms with van der Waals surface area (Å²) >= 11 is 0. The zero-order valence-corrected chi connectivity index (χ0v) is 10.4. The third-order valence-electron chi connectivity index (χ3n) is 3.49. The van der Waals surface area contributed by atoms with E-state index in [1.54, 1.807) is 12.1 Å². The van der Waals surface area contributed by atoms with Crippen molar-refractivity contribution in [1.82, 2.24) is 5.32 Å². The molecular weight excluding hydrogens is 230 g/mol. The number of amides is 1. The Labute approximate surface area is 106 Å². The maximum atomic E-state index is 11.8. The van der Waals surface area contributed by atoms with Gasteiger partial charge in [0, 0.05) is 12.1 Å². The third kappa shape index (κ3) is 3.09. The molecule has 1 aromatic rings. The maximum Gasteiger partial charge on any atom is 0.335 e. The van der Waals surface area contributed by atoms with Gasteiger partial charge in [-0.1, -0.05) is 13.0 Å². The highest BCUT2D eigenvalue weighted by molar-refractivity contribution is 5.97. The van der Waals surface area contributed by atoms with Gasteiger partial charge in [0.2, 0.25) is 0 Å². The third-order valence-corrected chi connectivity index (χ3v) is 3.49. The van der Waals surface area contributed by atoms with E-state index in [1.165, 1.54) is 25.0 Å². The molecule has 0 radical (unpaired) electrons. The van der Waals surface area contributed by atoms with Gasteiger partial charge in [0.25, 0.3) is 5.91 Å². The molecule has 18 heavy (non-hydrogen) atoms. The highest BCUT2D eigenvalue weighted by atomic mass is 16.4. The molecule has 0 atom stereocenters. The van der Waals surface area contributed by atoms with Gasteiger partial charge >= 0.3 is 5.97 Å². The fraction of sp³-hybridized carbons (Fsp3) is 0.429. The normalized spacial score (nSPS) is 16.1. The number of carbonyl (C=O) groups is 2. The minimum Gasteiger partial charge on any atom is -0.478 e. The molecule has 1 aromatic carbocycles. The van der Waals surface area contributed by atoms with Crippen molar-refractivity contribution in [2.24, 2.45) is 5.41 Å². The molecule has 1 amide bonds. The summed E-state index contributed by atoms with van der Waals surface area (Å²) in [5, 5.41) is 11.7. The quantitative estimate of drug-likeness (QED) is 0.839. The van der Waals surface area contributed by atoms with Crippen LogP contribution in [0.15, 0.2) is 24.3 Å². The van der Waals surface area contributed by atoms with Crippen molar-refractivity contribution in [2.75, 3.05) is 6.54 Å². The summed E-state index contributed by atoms with van der Waals surface area (Å²) < 4.78 is 0. The molecular formula is C14H17NO3. The van der Waals surface area contributed by atoms with Gasteiger partial charge in [-0.25, -0.2) is 4.79 Å². The van der Waals surface area contributed by atoms with Crippen molar-refractivity contribution in [1.29, 1.82) is 0 Å². The van der Waals surface area contributed by atoms with Crippen molar-refractivity contribution in [3.63, 3.8) is 0 Å². The Kier molecular flexibility index (Phi) is 3.36. The SMILES string of the molecule is CC1(CCNC(=O)c2cccc(C(=O)O)c2)CC1. The lowest BCUT2D eigenvalue weighted by atomic mass is 10.1. The molecule has 1 fully saturated rings. The van der Waals surface area contributed by atoms with Crippen LogP contribution in [-0.2, 0) is 0 Å². The van der Waals surface area contributed by atoms with Gasteiger partial charge in [-0.05, 0) is 42.9 Å². The Morgan fingerprint density at radius 3 is 2.61 bits per heavy atom. The van der Waals surface area contributed by atoms with Gasteiger partial charge in [0.05, 0.1) is 5.56 Å². The minimum atomic E-state index is -1.02. The van der Waals surface area contributed by atoms with Crippen LogP contribution in [0.25, 0.3) is 0 Å². The van der Waals surface area contributed by atoms with Gasteiger partial charge in [0.1, 0.15) is 0 Å². The second-order valence-electron chi connectivity index (χ2n) is 5.20. The predicted molar refractivity (Wildman–Crippen MR) is 67.7 cm³/mol. The van der Waals surface area contributed by atoms with Crippen LogP contribution >= 0.6 is 0 Å².